The second-order valence-corrected chi connectivity index (χ2v) is 5.52. The van der Waals surface area contributed by atoms with Gasteiger partial charge in [0.15, 0.2) is 0 Å². The SMILES string of the molecule is CC(CO)(CCc1ccc(O)cc1)Nc1cccc(F)c1. The molecule has 112 valence electrons. The number of phenols is 1. The molecule has 4 heteroatoms. The molecule has 2 rings (SSSR count). The zero-order valence-electron chi connectivity index (χ0n) is 12.0. The smallest absolute Gasteiger partial charge is 0.125 e. The lowest BCUT2D eigenvalue weighted by Gasteiger charge is -2.30. The van der Waals surface area contributed by atoms with Crippen molar-refractivity contribution >= 4 is 5.69 Å². The van der Waals surface area contributed by atoms with Crippen molar-refractivity contribution in [1.82, 2.24) is 0 Å². The van der Waals surface area contributed by atoms with Crippen molar-refractivity contribution in [2.45, 2.75) is 25.3 Å². The van der Waals surface area contributed by atoms with E-state index in [1.54, 1.807) is 24.3 Å². The third kappa shape index (κ3) is 4.46. The third-order valence-corrected chi connectivity index (χ3v) is 3.52. The Morgan fingerprint density at radius 2 is 1.86 bits per heavy atom. The number of halogens is 1. The second-order valence-electron chi connectivity index (χ2n) is 5.52. The van der Waals surface area contributed by atoms with E-state index < -0.39 is 5.54 Å². The van der Waals surface area contributed by atoms with Gasteiger partial charge in [-0.2, -0.15) is 0 Å². The number of anilines is 1. The summed E-state index contributed by atoms with van der Waals surface area (Å²) in [4.78, 5) is 0. The first-order valence-corrected chi connectivity index (χ1v) is 6.93. The molecule has 0 fully saturated rings. The number of rotatable bonds is 6. The van der Waals surface area contributed by atoms with Gasteiger partial charge in [-0.05, 0) is 55.7 Å². The van der Waals surface area contributed by atoms with E-state index in [9.17, 15) is 14.6 Å². The van der Waals surface area contributed by atoms with E-state index in [4.69, 9.17) is 0 Å². The van der Waals surface area contributed by atoms with Crippen LogP contribution in [0.5, 0.6) is 5.75 Å². The van der Waals surface area contributed by atoms with E-state index in [1.807, 2.05) is 19.1 Å². The number of hydrogen-bond donors (Lipinski definition) is 3. The number of phenolic OH excluding ortho intramolecular Hbond substituents is 1. The lowest BCUT2D eigenvalue weighted by molar-refractivity contribution is 0.215. The number of aliphatic hydroxyl groups is 1. The number of aryl methyl sites for hydroxylation is 1. The Morgan fingerprint density at radius 3 is 2.48 bits per heavy atom. The summed E-state index contributed by atoms with van der Waals surface area (Å²) in [5.41, 5.74) is 1.19. The normalized spacial score (nSPS) is 13.7. The first-order chi connectivity index (χ1) is 10.0. The van der Waals surface area contributed by atoms with Crippen LogP contribution in [0, 0.1) is 5.82 Å². The summed E-state index contributed by atoms with van der Waals surface area (Å²) in [5.74, 6) is -0.0691. The van der Waals surface area contributed by atoms with E-state index in [0.29, 0.717) is 12.1 Å². The molecule has 0 heterocycles. The molecular formula is C17H20FNO2. The van der Waals surface area contributed by atoms with Gasteiger partial charge in [-0.15, -0.1) is 0 Å². The molecule has 0 bridgehead atoms. The van der Waals surface area contributed by atoms with Crippen molar-refractivity contribution < 1.29 is 14.6 Å². The Kier molecular flexibility index (Phi) is 4.81. The molecule has 0 aliphatic heterocycles. The minimum absolute atomic E-state index is 0.0540. The van der Waals surface area contributed by atoms with Crippen LogP contribution in [0.2, 0.25) is 0 Å². The fourth-order valence-electron chi connectivity index (χ4n) is 2.18. The van der Waals surface area contributed by atoms with Crippen LogP contribution < -0.4 is 5.32 Å². The van der Waals surface area contributed by atoms with Crippen molar-refractivity contribution in [3.8, 4) is 5.75 Å². The zero-order chi connectivity index (χ0) is 15.3. The monoisotopic (exact) mass is 289 g/mol. The predicted molar refractivity (Wildman–Crippen MR) is 81.9 cm³/mol. The van der Waals surface area contributed by atoms with Crippen molar-refractivity contribution in [2.24, 2.45) is 0 Å². The van der Waals surface area contributed by atoms with Gasteiger partial charge >= 0.3 is 0 Å². The van der Waals surface area contributed by atoms with Gasteiger partial charge in [-0.25, -0.2) is 4.39 Å². The number of aliphatic hydroxyl groups excluding tert-OH is 1. The molecule has 0 radical (unpaired) electrons. The minimum atomic E-state index is -0.536. The van der Waals surface area contributed by atoms with Crippen LogP contribution in [-0.2, 0) is 6.42 Å². The van der Waals surface area contributed by atoms with Gasteiger partial charge in [0.05, 0.1) is 12.1 Å². The fourth-order valence-corrected chi connectivity index (χ4v) is 2.18. The van der Waals surface area contributed by atoms with E-state index in [0.717, 1.165) is 12.0 Å². The number of nitrogens with one attached hydrogen (secondary N) is 1. The summed E-state index contributed by atoms with van der Waals surface area (Å²) in [5, 5.41) is 22.1. The molecule has 0 aliphatic carbocycles. The summed E-state index contributed by atoms with van der Waals surface area (Å²) < 4.78 is 13.2. The van der Waals surface area contributed by atoms with Crippen molar-refractivity contribution in [3.05, 3.63) is 59.9 Å². The highest BCUT2D eigenvalue weighted by Gasteiger charge is 2.23. The molecule has 0 amide bonds. The van der Waals surface area contributed by atoms with Crippen LogP contribution in [-0.4, -0.2) is 22.4 Å². The van der Waals surface area contributed by atoms with Gasteiger partial charge in [-0.1, -0.05) is 18.2 Å². The Morgan fingerprint density at radius 1 is 1.14 bits per heavy atom. The fraction of sp³-hybridized carbons (Fsp3) is 0.294. The summed E-state index contributed by atoms with van der Waals surface area (Å²) in [6.45, 7) is 1.85. The van der Waals surface area contributed by atoms with Gasteiger partial charge in [0.1, 0.15) is 11.6 Å². The Hall–Kier alpha value is -2.07. The minimum Gasteiger partial charge on any atom is -0.508 e. The molecule has 2 aromatic carbocycles. The summed E-state index contributed by atoms with van der Waals surface area (Å²) in [6.07, 6.45) is 1.43. The largest absolute Gasteiger partial charge is 0.508 e. The standard InChI is InChI=1S/C17H20FNO2/c1-17(12-20,19-15-4-2-3-14(18)11-15)10-9-13-5-7-16(21)8-6-13/h2-8,11,19-21H,9-10,12H2,1H3. The Bertz CT molecular complexity index is 586. The number of aromatic hydroxyl groups is 1. The average molecular weight is 289 g/mol. The molecule has 0 saturated carbocycles. The van der Waals surface area contributed by atoms with Crippen LogP contribution in [0.1, 0.15) is 18.9 Å². The molecule has 0 saturated heterocycles. The highest BCUT2D eigenvalue weighted by Crippen LogP contribution is 2.22. The van der Waals surface area contributed by atoms with Crippen LogP contribution >= 0.6 is 0 Å². The lowest BCUT2D eigenvalue weighted by Crippen LogP contribution is -2.39. The molecule has 0 aliphatic rings. The van der Waals surface area contributed by atoms with E-state index in [1.165, 1.54) is 12.1 Å². The first kappa shape index (κ1) is 15.3. The van der Waals surface area contributed by atoms with E-state index in [2.05, 4.69) is 5.32 Å². The van der Waals surface area contributed by atoms with Crippen LogP contribution in [0.15, 0.2) is 48.5 Å². The van der Waals surface area contributed by atoms with Crippen LogP contribution in [0.3, 0.4) is 0 Å². The van der Waals surface area contributed by atoms with Crippen LogP contribution in [0.4, 0.5) is 10.1 Å². The topological polar surface area (TPSA) is 52.5 Å². The number of benzene rings is 2. The molecule has 1 atom stereocenters. The van der Waals surface area contributed by atoms with Gasteiger partial charge in [0, 0.05) is 5.69 Å². The quantitative estimate of drug-likeness (QED) is 0.764. The van der Waals surface area contributed by atoms with E-state index >= 15 is 0 Å². The molecule has 0 aromatic heterocycles. The average Bonchev–Trinajstić information content (AvgIpc) is 2.47. The van der Waals surface area contributed by atoms with Crippen molar-refractivity contribution in [2.75, 3.05) is 11.9 Å². The Balaban J connectivity index is 2.01. The summed E-state index contributed by atoms with van der Waals surface area (Å²) >= 11 is 0. The van der Waals surface area contributed by atoms with Gasteiger partial charge in [0.2, 0.25) is 0 Å². The maximum absolute atomic E-state index is 13.2. The molecule has 21 heavy (non-hydrogen) atoms. The van der Waals surface area contributed by atoms with Gasteiger partial charge < -0.3 is 15.5 Å². The molecular weight excluding hydrogens is 269 g/mol. The van der Waals surface area contributed by atoms with Gasteiger partial charge in [-0.3, -0.25) is 0 Å². The van der Waals surface area contributed by atoms with Crippen LogP contribution in [0.25, 0.3) is 0 Å². The Labute approximate surface area is 124 Å². The molecule has 3 N–H and O–H groups in total. The summed E-state index contributed by atoms with van der Waals surface area (Å²) in [6, 6.07) is 13.2. The zero-order valence-corrected chi connectivity index (χ0v) is 12.0. The van der Waals surface area contributed by atoms with E-state index in [-0.39, 0.29) is 18.2 Å². The highest BCUT2D eigenvalue weighted by molar-refractivity contribution is 5.45. The number of hydrogen-bond acceptors (Lipinski definition) is 3. The predicted octanol–water partition coefficient (Wildman–Crippen LogP) is 3.33. The second kappa shape index (κ2) is 6.59. The lowest BCUT2D eigenvalue weighted by atomic mass is 9.93. The molecule has 1 unspecified atom stereocenters. The maximum atomic E-state index is 13.2. The van der Waals surface area contributed by atoms with Crippen molar-refractivity contribution in [3.63, 3.8) is 0 Å². The first-order valence-electron chi connectivity index (χ1n) is 6.93. The summed E-state index contributed by atoms with van der Waals surface area (Å²) in [7, 11) is 0. The van der Waals surface area contributed by atoms with Crippen molar-refractivity contribution in [1.29, 1.82) is 0 Å². The highest BCUT2D eigenvalue weighted by atomic mass is 19.1. The van der Waals surface area contributed by atoms with Gasteiger partial charge in [0.25, 0.3) is 0 Å². The molecule has 2 aromatic rings. The third-order valence-electron chi connectivity index (χ3n) is 3.52. The molecule has 3 nitrogen and oxygen atoms in total. The molecule has 0 spiro atoms. The maximum Gasteiger partial charge on any atom is 0.125 e.